The Morgan fingerprint density at radius 2 is 2.04 bits per heavy atom. The summed E-state index contributed by atoms with van der Waals surface area (Å²) in [6.45, 7) is 2.42. The van der Waals surface area contributed by atoms with Gasteiger partial charge in [-0.2, -0.15) is 0 Å². The fraction of sp³-hybridized carbons (Fsp3) is 0.167. The van der Waals surface area contributed by atoms with Crippen molar-refractivity contribution in [2.75, 3.05) is 17.4 Å². The molecule has 1 aromatic carbocycles. The van der Waals surface area contributed by atoms with Crippen molar-refractivity contribution < 1.29 is 18.7 Å². The summed E-state index contributed by atoms with van der Waals surface area (Å²) in [6.07, 6.45) is 1.60. The average molecular weight is 352 g/mol. The van der Waals surface area contributed by atoms with Crippen LogP contribution in [0.3, 0.4) is 0 Å². The molecular weight excluding hydrogens is 336 g/mol. The van der Waals surface area contributed by atoms with Gasteiger partial charge in [0.1, 0.15) is 11.5 Å². The summed E-state index contributed by atoms with van der Waals surface area (Å²) in [4.78, 5) is 21.1. The molecule has 2 N–H and O–H groups in total. The molecule has 0 spiro atoms. The van der Waals surface area contributed by atoms with E-state index in [9.17, 15) is 4.79 Å². The normalized spacial score (nSPS) is 12.0. The number of rotatable bonds is 5. The largest absolute Gasteiger partial charge is 0.467 e. The second-order valence-corrected chi connectivity index (χ2v) is 5.67. The first-order valence-corrected chi connectivity index (χ1v) is 8.00. The lowest BCUT2D eigenvalue weighted by molar-refractivity contribution is 0.102. The number of furan rings is 1. The Kier molecular flexibility index (Phi) is 4.14. The van der Waals surface area contributed by atoms with Crippen molar-refractivity contribution in [3.63, 3.8) is 0 Å². The molecule has 0 atom stereocenters. The summed E-state index contributed by atoms with van der Waals surface area (Å²) < 4.78 is 15.8. The van der Waals surface area contributed by atoms with Crippen molar-refractivity contribution in [1.82, 2.24) is 9.97 Å². The third-order valence-electron chi connectivity index (χ3n) is 3.72. The minimum Gasteiger partial charge on any atom is -0.467 e. The van der Waals surface area contributed by atoms with Crippen LogP contribution in [0.5, 0.6) is 11.5 Å². The van der Waals surface area contributed by atoms with Crippen molar-refractivity contribution >= 4 is 17.5 Å². The summed E-state index contributed by atoms with van der Waals surface area (Å²) in [5, 5.41) is 5.85. The molecule has 0 saturated carbocycles. The number of hydrogen-bond donors (Lipinski definition) is 2. The summed E-state index contributed by atoms with van der Waals surface area (Å²) >= 11 is 0. The molecule has 0 fully saturated rings. The molecule has 0 radical (unpaired) electrons. The van der Waals surface area contributed by atoms with Gasteiger partial charge in [-0.15, -0.1) is 0 Å². The Balaban J connectivity index is 1.48. The summed E-state index contributed by atoms with van der Waals surface area (Å²) in [7, 11) is 0. The highest BCUT2D eigenvalue weighted by molar-refractivity contribution is 6.03. The monoisotopic (exact) mass is 352 g/mol. The summed E-state index contributed by atoms with van der Waals surface area (Å²) in [6, 6.07) is 10.5. The summed E-state index contributed by atoms with van der Waals surface area (Å²) in [5.74, 6) is 2.03. The average Bonchev–Trinajstić information content (AvgIpc) is 3.30. The van der Waals surface area contributed by atoms with Crippen molar-refractivity contribution in [3.05, 3.63) is 59.8 Å². The van der Waals surface area contributed by atoms with E-state index < -0.39 is 0 Å². The highest BCUT2D eigenvalue weighted by atomic mass is 16.7. The van der Waals surface area contributed by atoms with Gasteiger partial charge in [0, 0.05) is 17.4 Å². The van der Waals surface area contributed by atoms with E-state index in [1.165, 1.54) is 0 Å². The maximum Gasteiger partial charge on any atom is 0.274 e. The molecule has 2 aromatic heterocycles. The quantitative estimate of drug-likeness (QED) is 0.728. The zero-order valence-electron chi connectivity index (χ0n) is 14.0. The molecule has 3 aromatic rings. The van der Waals surface area contributed by atoms with E-state index in [1.807, 2.05) is 6.07 Å². The lowest BCUT2D eigenvalue weighted by Gasteiger charge is -2.09. The number of anilines is 2. The van der Waals surface area contributed by atoms with Crippen LogP contribution in [0.15, 0.2) is 47.1 Å². The number of hydrogen-bond acceptors (Lipinski definition) is 7. The van der Waals surface area contributed by atoms with Gasteiger partial charge in [0.2, 0.25) is 12.7 Å². The zero-order chi connectivity index (χ0) is 17.9. The first-order chi connectivity index (χ1) is 12.7. The van der Waals surface area contributed by atoms with E-state index in [-0.39, 0.29) is 18.4 Å². The van der Waals surface area contributed by atoms with Crippen LogP contribution in [0.4, 0.5) is 11.6 Å². The Labute approximate surface area is 149 Å². The zero-order valence-corrected chi connectivity index (χ0v) is 14.0. The van der Waals surface area contributed by atoms with Crippen LogP contribution in [0.25, 0.3) is 0 Å². The molecule has 0 saturated heterocycles. The van der Waals surface area contributed by atoms with Crippen molar-refractivity contribution in [3.8, 4) is 11.5 Å². The molecule has 0 unspecified atom stereocenters. The van der Waals surface area contributed by atoms with Gasteiger partial charge >= 0.3 is 0 Å². The number of fused-ring (bicyclic) bond motifs is 1. The van der Waals surface area contributed by atoms with E-state index >= 15 is 0 Å². The topological polar surface area (TPSA) is 98.5 Å². The third-order valence-corrected chi connectivity index (χ3v) is 3.72. The second kappa shape index (κ2) is 6.75. The van der Waals surface area contributed by atoms with Crippen molar-refractivity contribution in [2.45, 2.75) is 13.5 Å². The molecule has 8 heteroatoms. The number of benzene rings is 1. The SMILES string of the molecule is Cc1cc(C(=O)Nc2ccc3c(c2)OCO3)nc(NCc2ccco2)n1. The Morgan fingerprint density at radius 3 is 2.88 bits per heavy atom. The number of amides is 1. The summed E-state index contributed by atoms with van der Waals surface area (Å²) in [5.41, 5.74) is 1.54. The van der Waals surface area contributed by atoms with Crippen LogP contribution < -0.4 is 20.1 Å². The minimum atomic E-state index is -0.338. The molecule has 1 aliphatic heterocycles. The molecule has 8 nitrogen and oxygen atoms in total. The van der Waals surface area contributed by atoms with Crippen LogP contribution >= 0.6 is 0 Å². The van der Waals surface area contributed by atoms with Crippen LogP contribution in [0.1, 0.15) is 21.9 Å². The first-order valence-electron chi connectivity index (χ1n) is 8.00. The molecule has 4 rings (SSSR count). The molecule has 3 heterocycles. The number of nitrogens with zero attached hydrogens (tertiary/aromatic N) is 2. The van der Waals surface area contributed by atoms with Gasteiger partial charge < -0.3 is 24.5 Å². The van der Waals surface area contributed by atoms with Crippen LogP contribution in [0.2, 0.25) is 0 Å². The fourth-order valence-corrected chi connectivity index (χ4v) is 2.51. The van der Waals surface area contributed by atoms with E-state index in [1.54, 1.807) is 43.5 Å². The van der Waals surface area contributed by atoms with Gasteiger partial charge in [0.05, 0.1) is 12.8 Å². The minimum absolute atomic E-state index is 0.183. The molecule has 132 valence electrons. The van der Waals surface area contributed by atoms with Gasteiger partial charge in [-0.05, 0) is 37.3 Å². The number of carbonyl (C=O) groups is 1. The lowest BCUT2D eigenvalue weighted by atomic mass is 10.2. The maximum absolute atomic E-state index is 12.5. The molecule has 0 aliphatic carbocycles. The predicted molar refractivity (Wildman–Crippen MR) is 93.3 cm³/mol. The van der Waals surface area contributed by atoms with Crippen molar-refractivity contribution in [2.24, 2.45) is 0 Å². The Morgan fingerprint density at radius 1 is 1.15 bits per heavy atom. The van der Waals surface area contributed by atoms with Gasteiger partial charge in [-0.1, -0.05) is 0 Å². The highest BCUT2D eigenvalue weighted by Gasteiger charge is 2.16. The van der Waals surface area contributed by atoms with Crippen LogP contribution in [0, 0.1) is 6.92 Å². The maximum atomic E-state index is 12.5. The van der Waals surface area contributed by atoms with Crippen LogP contribution in [-0.2, 0) is 6.54 Å². The molecular formula is C18H16N4O4. The van der Waals surface area contributed by atoms with Gasteiger partial charge in [-0.3, -0.25) is 4.79 Å². The molecule has 1 amide bonds. The molecule has 0 bridgehead atoms. The predicted octanol–water partition coefficient (Wildman–Crippen LogP) is 2.97. The van der Waals surface area contributed by atoms with Crippen molar-refractivity contribution in [1.29, 1.82) is 0 Å². The first kappa shape index (κ1) is 15.9. The Bertz CT molecular complexity index is 940. The number of carbonyl (C=O) groups excluding carboxylic acids is 1. The molecule has 1 aliphatic rings. The molecule has 26 heavy (non-hydrogen) atoms. The third kappa shape index (κ3) is 3.44. The fourth-order valence-electron chi connectivity index (χ4n) is 2.51. The second-order valence-electron chi connectivity index (χ2n) is 5.67. The Hall–Kier alpha value is -3.55. The van der Waals surface area contributed by atoms with E-state index in [0.717, 1.165) is 5.76 Å². The van der Waals surface area contributed by atoms with E-state index in [4.69, 9.17) is 13.9 Å². The standard InChI is InChI=1S/C18H16N4O4/c1-11-7-14(22-18(20-11)19-9-13-3-2-6-24-13)17(23)21-12-4-5-15-16(8-12)26-10-25-15/h2-8H,9-10H2,1H3,(H,21,23)(H,19,20,22). The van der Waals surface area contributed by atoms with Crippen LogP contribution in [-0.4, -0.2) is 22.7 Å². The van der Waals surface area contributed by atoms with Gasteiger partial charge in [-0.25, -0.2) is 9.97 Å². The number of aryl methyl sites for hydroxylation is 1. The number of aromatic nitrogens is 2. The van der Waals surface area contributed by atoms with E-state index in [2.05, 4.69) is 20.6 Å². The smallest absolute Gasteiger partial charge is 0.274 e. The lowest BCUT2D eigenvalue weighted by Crippen LogP contribution is -2.16. The van der Waals surface area contributed by atoms with E-state index in [0.29, 0.717) is 35.4 Å². The number of ether oxygens (including phenoxy) is 2. The number of nitrogens with one attached hydrogen (secondary N) is 2. The van der Waals surface area contributed by atoms with Gasteiger partial charge in [0.25, 0.3) is 5.91 Å². The highest BCUT2D eigenvalue weighted by Crippen LogP contribution is 2.34. The van der Waals surface area contributed by atoms with Gasteiger partial charge in [0.15, 0.2) is 11.5 Å².